The summed E-state index contributed by atoms with van der Waals surface area (Å²) in [6.45, 7) is 1.77. The highest BCUT2D eigenvalue weighted by Gasteiger charge is 1.97. The molecule has 0 fully saturated rings. The van der Waals surface area contributed by atoms with Crippen LogP contribution in [0.2, 0.25) is 0 Å². The largest absolute Gasteiger partial charge is 0.337 e. The highest BCUT2D eigenvalue weighted by atomic mass is 15.1. The quantitative estimate of drug-likeness (QED) is 0.762. The number of pyridine rings is 1. The second kappa shape index (κ2) is 5.42. The molecular formula is C12H16N4. The predicted molar refractivity (Wildman–Crippen MR) is 62.9 cm³/mol. The van der Waals surface area contributed by atoms with E-state index >= 15 is 0 Å². The Morgan fingerprint density at radius 1 is 1.25 bits per heavy atom. The second-order valence-corrected chi connectivity index (χ2v) is 3.74. The van der Waals surface area contributed by atoms with Crippen molar-refractivity contribution in [3.05, 3.63) is 48.3 Å². The summed E-state index contributed by atoms with van der Waals surface area (Å²) in [5.41, 5.74) is 1.31. The Hall–Kier alpha value is -1.68. The number of hydrogen-bond acceptors (Lipinski definition) is 3. The average molecular weight is 216 g/mol. The Morgan fingerprint density at radius 2 is 2.06 bits per heavy atom. The Morgan fingerprint density at radius 3 is 2.75 bits per heavy atom. The van der Waals surface area contributed by atoms with Gasteiger partial charge in [-0.3, -0.25) is 4.98 Å². The summed E-state index contributed by atoms with van der Waals surface area (Å²) in [6.07, 6.45) is 8.45. The van der Waals surface area contributed by atoms with Crippen molar-refractivity contribution in [2.75, 3.05) is 6.54 Å². The Balaban J connectivity index is 1.72. The van der Waals surface area contributed by atoms with Crippen LogP contribution in [0.4, 0.5) is 0 Å². The van der Waals surface area contributed by atoms with Gasteiger partial charge in [0.2, 0.25) is 0 Å². The average Bonchev–Trinajstić information content (AvgIpc) is 2.72. The maximum atomic E-state index is 4.25. The molecule has 0 aliphatic rings. The van der Waals surface area contributed by atoms with E-state index in [1.54, 1.807) is 0 Å². The fourth-order valence-corrected chi connectivity index (χ4v) is 1.55. The molecule has 4 nitrogen and oxygen atoms in total. The van der Waals surface area contributed by atoms with E-state index < -0.39 is 0 Å². The van der Waals surface area contributed by atoms with Gasteiger partial charge in [0.15, 0.2) is 0 Å². The van der Waals surface area contributed by atoms with Gasteiger partial charge in [-0.05, 0) is 30.7 Å². The molecule has 4 heteroatoms. The molecule has 2 aromatic heterocycles. The summed E-state index contributed by atoms with van der Waals surface area (Å²) in [7, 11) is 2.01. The van der Waals surface area contributed by atoms with Gasteiger partial charge in [0.05, 0.1) is 6.54 Å². The van der Waals surface area contributed by atoms with Crippen molar-refractivity contribution >= 4 is 0 Å². The van der Waals surface area contributed by atoms with Gasteiger partial charge in [0.25, 0.3) is 0 Å². The zero-order valence-corrected chi connectivity index (χ0v) is 9.43. The third-order valence-corrected chi connectivity index (χ3v) is 2.54. The Kier molecular flexibility index (Phi) is 3.66. The van der Waals surface area contributed by atoms with Crippen LogP contribution in [0.3, 0.4) is 0 Å². The van der Waals surface area contributed by atoms with Gasteiger partial charge in [-0.2, -0.15) is 0 Å². The van der Waals surface area contributed by atoms with Crippen molar-refractivity contribution in [2.45, 2.75) is 13.0 Å². The molecule has 1 N–H and O–H groups in total. The lowest BCUT2D eigenvalue weighted by atomic mass is 10.2. The van der Waals surface area contributed by atoms with E-state index in [0.29, 0.717) is 0 Å². The number of imidazole rings is 1. The number of nitrogens with one attached hydrogen (secondary N) is 1. The number of hydrogen-bond donors (Lipinski definition) is 1. The van der Waals surface area contributed by atoms with Gasteiger partial charge in [-0.15, -0.1) is 0 Å². The first-order valence-electron chi connectivity index (χ1n) is 5.42. The van der Waals surface area contributed by atoms with Crippen molar-refractivity contribution in [3.63, 3.8) is 0 Å². The maximum absolute atomic E-state index is 4.25. The lowest BCUT2D eigenvalue weighted by molar-refractivity contribution is 0.637. The van der Waals surface area contributed by atoms with E-state index in [0.717, 1.165) is 25.3 Å². The van der Waals surface area contributed by atoms with Crippen LogP contribution in [0.1, 0.15) is 11.4 Å². The lowest BCUT2D eigenvalue weighted by Gasteiger charge is -2.04. The van der Waals surface area contributed by atoms with Crippen LogP contribution in [0, 0.1) is 0 Å². The first kappa shape index (κ1) is 10.8. The summed E-state index contributed by atoms with van der Waals surface area (Å²) in [6, 6.07) is 4.09. The number of rotatable bonds is 5. The van der Waals surface area contributed by atoms with Crippen LogP contribution in [0.5, 0.6) is 0 Å². The fourth-order valence-electron chi connectivity index (χ4n) is 1.55. The standard InChI is InChI=1S/C12H16N4/c1-16-9-8-15-12(16)10-14-7-4-11-2-5-13-6-3-11/h2-3,5-6,8-9,14H,4,7,10H2,1H3. The molecule has 0 amide bonds. The minimum Gasteiger partial charge on any atom is -0.337 e. The molecule has 0 aromatic carbocycles. The Bertz CT molecular complexity index is 422. The topological polar surface area (TPSA) is 42.7 Å². The van der Waals surface area contributed by atoms with Gasteiger partial charge in [-0.1, -0.05) is 0 Å². The number of aryl methyl sites for hydroxylation is 1. The van der Waals surface area contributed by atoms with Crippen molar-refractivity contribution in [1.82, 2.24) is 19.9 Å². The van der Waals surface area contributed by atoms with Crippen LogP contribution in [-0.4, -0.2) is 21.1 Å². The second-order valence-electron chi connectivity index (χ2n) is 3.74. The van der Waals surface area contributed by atoms with Crippen LogP contribution >= 0.6 is 0 Å². The SMILES string of the molecule is Cn1ccnc1CNCCc1ccncc1. The van der Waals surface area contributed by atoms with Crippen molar-refractivity contribution in [3.8, 4) is 0 Å². The van der Waals surface area contributed by atoms with Crippen molar-refractivity contribution in [2.24, 2.45) is 7.05 Å². The molecule has 0 radical (unpaired) electrons. The highest BCUT2D eigenvalue weighted by molar-refractivity contribution is 5.09. The molecule has 0 saturated carbocycles. The molecular weight excluding hydrogens is 200 g/mol. The van der Waals surface area contributed by atoms with Gasteiger partial charge in [0, 0.05) is 31.8 Å². The van der Waals surface area contributed by atoms with E-state index in [2.05, 4.69) is 15.3 Å². The summed E-state index contributed by atoms with van der Waals surface area (Å²) >= 11 is 0. The monoisotopic (exact) mass is 216 g/mol. The molecule has 2 rings (SSSR count). The zero-order valence-electron chi connectivity index (χ0n) is 9.43. The number of aromatic nitrogens is 3. The third kappa shape index (κ3) is 2.90. The summed E-state index contributed by atoms with van der Waals surface area (Å²) in [4.78, 5) is 8.24. The molecule has 84 valence electrons. The third-order valence-electron chi connectivity index (χ3n) is 2.54. The molecule has 2 heterocycles. The van der Waals surface area contributed by atoms with Crippen LogP contribution in [0.15, 0.2) is 36.9 Å². The van der Waals surface area contributed by atoms with Crippen LogP contribution < -0.4 is 5.32 Å². The predicted octanol–water partition coefficient (Wildman–Crippen LogP) is 1.15. The summed E-state index contributed by atoms with van der Waals surface area (Å²) in [5, 5.41) is 3.37. The van der Waals surface area contributed by atoms with Crippen molar-refractivity contribution < 1.29 is 0 Å². The van der Waals surface area contributed by atoms with Crippen LogP contribution in [-0.2, 0) is 20.0 Å². The fraction of sp³-hybridized carbons (Fsp3) is 0.333. The summed E-state index contributed by atoms with van der Waals surface area (Å²) < 4.78 is 2.03. The van der Waals surface area contributed by atoms with E-state index in [1.807, 2.05) is 48.5 Å². The molecule has 0 aliphatic heterocycles. The molecule has 0 atom stereocenters. The normalized spacial score (nSPS) is 10.6. The van der Waals surface area contributed by atoms with E-state index in [4.69, 9.17) is 0 Å². The number of nitrogens with zero attached hydrogens (tertiary/aromatic N) is 3. The molecule has 0 saturated heterocycles. The highest BCUT2D eigenvalue weighted by Crippen LogP contribution is 1.97. The van der Waals surface area contributed by atoms with E-state index in [1.165, 1.54) is 5.56 Å². The zero-order chi connectivity index (χ0) is 11.2. The molecule has 0 unspecified atom stereocenters. The van der Waals surface area contributed by atoms with Gasteiger partial charge < -0.3 is 9.88 Å². The Labute approximate surface area is 95.4 Å². The minimum atomic E-state index is 0.814. The van der Waals surface area contributed by atoms with Crippen molar-refractivity contribution in [1.29, 1.82) is 0 Å². The first-order chi connectivity index (χ1) is 7.86. The minimum absolute atomic E-state index is 0.814. The molecule has 16 heavy (non-hydrogen) atoms. The van der Waals surface area contributed by atoms with Gasteiger partial charge >= 0.3 is 0 Å². The van der Waals surface area contributed by atoms with E-state index in [9.17, 15) is 0 Å². The lowest BCUT2D eigenvalue weighted by Crippen LogP contribution is -2.18. The van der Waals surface area contributed by atoms with Crippen LogP contribution in [0.25, 0.3) is 0 Å². The van der Waals surface area contributed by atoms with Gasteiger partial charge in [0.1, 0.15) is 5.82 Å². The smallest absolute Gasteiger partial charge is 0.122 e. The first-order valence-corrected chi connectivity index (χ1v) is 5.42. The molecule has 0 aliphatic carbocycles. The van der Waals surface area contributed by atoms with E-state index in [-0.39, 0.29) is 0 Å². The maximum Gasteiger partial charge on any atom is 0.122 e. The summed E-state index contributed by atoms with van der Waals surface area (Å²) in [5.74, 6) is 1.06. The molecule has 2 aromatic rings. The van der Waals surface area contributed by atoms with Gasteiger partial charge in [-0.25, -0.2) is 4.98 Å². The molecule has 0 bridgehead atoms. The molecule has 0 spiro atoms.